The summed E-state index contributed by atoms with van der Waals surface area (Å²) in [5, 5.41) is 1.42. The third kappa shape index (κ3) is 3.67. The molecule has 4 heteroatoms. The average Bonchev–Trinajstić information content (AvgIpc) is 2.08. The Bertz CT molecular complexity index is 261. The Morgan fingerprint density at radius 1 is 1.46 bits per heavy atom. The molecule has 0 aliphatic heterocycles. The second kappa shape index (κ2) is 4.98. The van der Waals surface area contributed by atoms with E-state index < -0.39 is 0 Å². The molecule has 2 nitrogen and oxygen atoms in total. The fourth-order valence-electron chi connectivity index (χ4n) is 0.730. The van der Waals surface area contributed by atoms with Crippen molar-refractivity contribution in [2.24, 2.45) is 5.73 Å². The molecule has 1 aromatic rings. The number of hydrogen-bond acceptors (Lipinski definition) is 3. The zero-order chi connectivity index (χ0) is 9.84. The van der Waals surface area contributed by atoms with Gasteiger partial charge < -0.3 is 5.73 Å². The molecule has 0 amide bonds. The molecule has 0 saturated heterocycles. The van der Waals surface area contributed by atoms with Gasteiger partial charge in [0.25, 0.3) is 0 Å². The first-order valence-corrected chi connectivity index (χ1v) is 5.80. The van der Waals surface area contributed by atoms with Gasteiger partial charge in [0.2, 0.25) is 0 Å². The number of thioether (sulfide) groups is 1. The van der Waals surface area contributed by atoms with E-state index in [1.54, 1.807) is 18.0 Å². The van der Waals surface area contributed by atoms with Crippen LogP contribution in [0.3, 0.4) is 0 Å². The van der Waals surface area contributed by atoms with Crippen molar-refractivity contribution in [2.75, 3.05) is 0 Å². The molecule has 0 bridgehead atoms. The summed E-state index contributed by atoms with van der Waals surface area (Å²) in [6.45, 7) is 4.12. The molecule has 1 heterocycles. The predicted octanol–water partition coefficient (Wildman–Crippen LogP) is 2.67. The van der Waals surface area contributed by atoms with Crippen molar-refractivity contribution in [3.63, 3.8) is 0 Å². The van der Waals surface area contributed by atoms with E-state index in [0.29, 0.717) is 5.25 Å². The van der Waals surface area contributed by atoms with E-state index >= 15 is 0 Å². The van der Waals surface area contributed by atoms with Gasteiger partial charge in [-0.1, -0.05) is 6.92 Å². The number of halogens is 1. The molecule has 0 aromatic carbocycles. The number of nitrogens with zero attached hydrogens (tertiary/aromatic N) is 1. The van der Waals surface area contributed by atoms with Crippen molar-refractivity contribution < 1.29 is 0 Å². The lowest BCUT2D eigenvalue weighted by Gasteiger charge is -2.13. The molecule has 1 rings (SSSR count). The van der Waals surface area contributed by atoms with Gasteiger partial charge in [-0.2, -0.15) is 0 Å². The highest BCUT2D eigenvalue weighted by Crippen LogP contribution is 2.23. The summed E-state index contributed by atoms with van der Waals surface area (Å²) >= 11 is 5.05. The van der Waals surface area contributed by atoms with Gasteiger partial charge >= 0.3 is 0 Å². The minimum absolute atomic E-state index is 0.190. The number of aromatic nitrogens is 1. The van der Waals surface area contributed by atoms with Crippen LogP contribution in [0.25, 0.3) is 0 Å². The maximum Gasteiger partial charge on any atom is 0.0963 e. The van der Waals surface area contributed by atoms with E-state index in [9.17, 15) is 0 Å². The van der Waals surface area contributed by atoms with Crippen molar-refractivity contribution in [1.82, 2.24) is 4.98 Å². The molecule has 0 spiro atoms. The second-order valence-electron chi connectivity index (χ2n) is 3.00. The maximum absolute atomic E-state index is 5.76. The molecule has 2 atom stereocenters. The lowest BCUT2D eigenvalue weighted by Crippen LogP contribution is -2.26. The van der Waals surface area contributed by atoms with Crippen LogP contribution in [0.4, 0.5) is 0 Å². The summed E-state index contributed by atoms with van der Waals surface area (Å²) in [5.74, 6) is 0. The van der Waals surface area contributed by atoms with Gasteiger partial charge in [-0.15, -0.1) is 11.8 Å². The Labute approximate surface area is 91.4 Å². The van der Waals surface area contributed by atoms with Crippen molar-refractivity contribution in [3.05, 3.63) is 22.8 Å². The standard InChI is InChI=1S/C9H13BrN2S/c1-6(11)7(2)13-9-4-3-8(10)5-12-9/h3-7H,11H2,1-2H3. The summed E-state index contributed by atoms with van der Waals surface area (Å²) in [5.41, 5.74) is 5.76. The third-order valence-corrected chi connectivity index (χ3v) is 3.50. The molecule has 0 saturated carbocycles. The molecule has 13 heavy (non-hydrogen) atoms. The molecule has 2 N–H and O–H groups in total. The maximum atomic E-state index is 5.76. The van der Waals surface area contributed by atoms with Crippen LogP contribution in [0.1, 0.15) is 13.8 Å². The zero-order valence-corrected chi connectivity index (χ0v) is 10.1. The largest absolute Gasteiger partial charge is 0.327 e. The van der Waals surface area contributed by atoms with Gasteiger partial charge in [-0.05, 0) is 35.0 Å². The van der Waals surface area contributed by atoms with Crippen LogP contribution in [0.5, 0.6) is 0 Å². The number of hydrogen-bond donors (Lipinski definition) is 1. The van der Waals surface area contributed by atoms with Gasteiger partial charge in [-0.3, -0.25) is 0 Å². The fraction of sp³-hybridized carbons (Fsp3) is 0.444. The van der Waals surface area contributed by atoms with Crippen LogP contribution in [0.2, 0.25) is 0 Å². The van der Waals surface area contributed by atoms with Gasteiger partial charge in [0, 0.05) is 22.0 Å². The summed E-state index contributed by atoms with van der Waals surface area (Å²) in [6, 6.07) is 4.17. The normalized spacial score (nSPS) is 15.4. The molecule has 0 fully saturated rings. The molecule has 0 aliphatic rings. The van der Waals surface area contributed by atoms with Crippen molar-refractivity contribution in [2.45, 2.75) is 30.2 Å². The Kier molecular flexibility index (Phi) is 4.22. The smallest absolute Gasteiger partial charge is 0.0963 e. The summed E-state index contributed by atoms with van der Waals surface area (Å²) in [6.07, 6.45) is 1.80. The van der Waals surface area contributed by atoms with E-state index in [4.69, 9.17) is 5.73 Å². The first kappa shape index (κ1) is 11.0. The van der Waals surface area contributed by atoms with Crippen LogP contribution in [0, 0.1) is 0 Å². The lowest BCUT2D eigenvalue weighted by molar-refractivity contribution is 0.729. The van der Waals surface area contributed by atoms with Crippen LogP contribution >= 0.6 is 27.7 Å². The minimum Gasteiger partial charge on any atom is -0.327 e. The Morgan fingerprint density at radius 2 is 2.15 bits per heavy atom. The van der Waals surface area contributed by atoms with Crippen LogP contribution < -0.4 is 5.73 Å². The van der Waals surface area contributed by atoms with Gasteiger partial charge in [0.15, 0.2) is 0 Å². The molecule has 0 radical (unpaired) electrons. The Balaban J connectivity index is 2.59. The van der Waals surface area contributed by atoms with E-state index in [0.717, 1.165) is 9.50 Å². The lowest BCUT2D eigenvalue weighted by atomic mass is 10.3. The van der Waals surface area contributed by atoms with Gasteiger partial charge in [-0.25, -0.2) is 4.98 Å². The van der Waals surface area contributed by atoms with Crippen molar-refractivity contribution in [1.29, 1.82) is 0 Å². The zero-order valence-electron chi connectivity index (χ0n) is 7.70. The van der Waals surface area contributed by atoms with Crippen LogP contribution in [-0.4, -0.2) is 16.3 Å². The molecule has 0 aliphatic carbocycles. The number of rotatable bonds is 3. The van der Waals surface area contributed by atoms with E-state index in [2.05, 4.69) is 27.8 Å². The molecule has 2 unspecified atom stereocenters. The molecular formula is C9H13BrN2S. The van der Waals surface area contributed by atoms with Crippen molar-refractivity contribution in [3.8, 4) is 0 Å². The first-order chi connectivity index (χ1) is 6.09. The van der Waals surface area contributed by atoms with Gasteiger partial charge in [0.1, 0.15) is 0 Å². The van der Waals surface area contributed by atoms with Crippen molar-refractivity contribution >= 4 is 27.7 Å². The molecular weight excluding hydrogens is 248 g/mol. The topological polar surface area (TPSA) is 38.9 Å². The highest BCUT2D eigenvalue weighted by molar-refractivity contribution is 9.10. The summed E-state index contributed by atoms with van der Waals surface area (Å²) in [4.78, 5) is 4.26. The Morgan fingerprint density at radius 3 is 2.62 bits per heavy atom. The summed E-state index contributed by atoms with van der Waals surface area (Å²) < 4.78 is 1.00. The number of nitrogens with two attached hydrogens (primary N) is 1. The quantitative estimate of drug-likeness (QED) is 0.850. The first-order valence-electron chi connectivity index (χ1n) is 4.13. The van der Waals surface area contributed by atoms with Crippen LogP contribution in [-0.2, 0) is 0 Å². The fourth-order valence-corrected chi connectivity index (χ4v) is 1.82. The Hall–Kier alpha value is -0.0600. The third-order valence-electron chi connectivity index (χ3n) is 1.75. The highest BCUT2D eigenvalue weighted by Gasteiger charge is 2.09. The van der Waals surface area contributed by atoms with Crippen LogP contribution in [0.15, 0.2) is 27.8 Å². The van der Waals surface area contributed by atoms with E-state index in [-0.39, 0.29) is 6.04 Å². The number of pyridine rings is 1. The molecule has 72 valence electrons. The highest BCUT2D eigenvalue weighted by atomic mass is 79.9. The van der Waals surface area contributed by atoms with Gasteiger partial charge in [0.05, 0.1) is 5.03 Å². The second-order valence-corrected chi connectivity index (χ2v) is 5.31. The van der Waals surface area contributed by atoms with E-state index in [1.165, 1.54) is 0 Å². The average molecular weight is 261 g/mol. The van der Waals surface area contributed by atoms with E-state index in [1.807, 2.05) is 19.1 Å². The SMILES string of the molecule is CC(N)C(C)Sc1ccc(Br)cn1. The molecule has 1 aromatic heterocycles. The monoisotopic (exact) mass is 260 g/mol. The summed E-state index contributed by atoms with van der Waals surface area (Å²) in [7, 11) is 0. The predicted molar refractivity (Wildman–Crippen MR) is 60.9 cm³/mol. The minimum atomic E-state index is 0.190.